The molecule has 2 N–H and O–H groups in total. The number of carbonyl (C=O) groups is 2. The fraction of sp³-hybridized carbons (Fsp3) is 0.500. The van der Waals surface area contributed by atoms with Gasteiger partial charge in [0.05, 0.1) is 12.1 Å². The first-order valence-corrected chi connectivity index (χ1v) is 10.1. The molecule has 2 aromatic rings. The van der Waals surface area contributed by atoms with Crippen LogP contribution in [-0.4, -0.2) is 33.4 Å². The summed E-state index contributed by atoms with van der Waals surface area (Å²) in [5, 5.41) is 16.1. The number of benzene rings is 1. The number of aromatic nitrogens is 2. The molecule has 0 unspecified atom stereocenters. The van der Waals surface area contributed by atoms with Gasteiger partial charge in [0.2, 0.25) is 0 Å². The van der Waals surface area contributed by atoms with E-state index in [4.69, 9.17) is 9.84 Å². The third-order valence-corrected chi connectivity index (χ3v) is 4.78. The van der Waals surface area contributed by atoms with Crippen LogP contribution in [0.5, 0.6) is 5.75 Å². The standard InChI is InChI=1S/C22H29N3O4/c1-22(2,3)25-19(16-8-9-16)13-18(24-25)21(28)23-14-15-6-10-17(11-7-15)29-12-4-5-20(26)27/h6-7,10-11,13,16H,4-5,8-9,12,14H2,1-3H3,(H,23,28)(H,26,27). The van der Waals surface area contributed by atoms with Gasteiger partial charge in [-0.15, -0.1) is 0 Å². The summed E-state index contributed by atoms with van der Waals surface area (Å²) in [7, 11) is 0. The average Bonchev–Trinajstić information content (AvgIpc) is 3.40. The molecule has 1 aromatic heterocycles. The van der Waals surface area contributed by atoms with Gasteiger partial charge in [-0.05, 0) is 63.8 Å². The fourth-order valence-corrected chi connectivity index (χ4v) is 3.10. The zero-order chi connectivity index (χ0) is 21.0. The molecule has 3 rings (SSSR count). The minimum absolute atomic E-state index is 0.0948. The van der Waals surface area contributed by atoms with Crippen molar-refractivity contribution >= 4 is 11.9 Å². The normalized spacial score (nSPS) is 13.9. The van der Waals surface area contributed by atoms with Crippen LogP contribution in [0.4, 0.5) is 0 Å². The second-order valence-electron chi connectivity index (χ2n) is 8.48. The lowest BCUT2D eigenvalue weighted by molar-refractivity contribution is -0.137. The van der Waals surface area contributed by atoms with E-state index in [1.807, 2.05) is 35.0 Å². The number of nitrogens with one attached hydrogen (secondary N) is 1. The van der Waals surface area contributed by atoms with Gasteiger partial charge in [-0.3, -0.25) is 14.3 Å². The van der Waals surface area contributed by atoms with Gasteiger partial charge in [0.1, 0.15) is 11.4 Å². The Morgan fingerprint density at radius 2 is 1.93 bits per heavy atom. The van der Waals surface area contributed by atoms with Crippen molar-refractivity contribution in [1.29, 1.82) is 0 Å². The summed E-state index contributed by atoms with van der Waals surface area (Å²) in [4.78, 5) is 23.1. The largest absolute Gasteiger partial charge is 0.494 e. The van der Waals surface area contributed by atoms with Crippen LogP contribution >= 0.6 is 0 Å². The number of carboxylic acid groups (broad SMARTS) is 1. The predicted octanol–water partition coefficient (Wildman–Crippen LogP) is 3.69. The van der Waals surface area contributed by atoms with Crippen LogP contribution < -0.4 is 10.1 Å². The van der Waals surface area contributed by atoms with Crippen molar-refractivity contribution in [3.63, 3.8) is 0 Å². The highest BCUT2D eigenvalue weighted by molar-refractivity contribution is 5.92. The summed E-state index contributed by atoms with van der Waals surface area (Å²) in [6.45, 7) is 7.05. The van der Waals surface area contributed by atoms with E-state index < -0.39 is 5.97 Å². The summed E-state index contributed by atoms with van der Waals surface area (Å²) >= 11 is 0. The van der Waals surface area contributed by atoms with Gasteiger partial charge in [0, 0.05) is 24.6 Å². The Hall–Kier alpha value is -2.83. The van der Waals surface area contributed by atoms with Gasteiger partial charge in [0.15, 0.2) is 0 Å². The number of carbonyl (C=O) groups excluding carboxylic acids is 1. The lowest BCUT2D eigenvalue weighted by Crippen LogP contribution is -2.27. The number of hydrogen-bond donors (Lipinski definition) is 2. The summed E-state index contributed by atoms with van der Waals surface area (Å²) in [6, 6.07) is 9.34. The van der Waals surface area contributed by atoms with E-state index in [0.29, 0.717) is 36.9 Å². The summed E-state index contributed by atoms with van der Waals surface area (Å²) < 4.78 is 7.50. The van der Waals surface area contributed by atoms with E-state index in [0.717, 1.165) is 24.1 Å². The van der Waals surface area contributed by atoms with Crippen LogP contribution in [0.15, 0.2) is 30.3 Å². The van der Waals surface area contributed by atoms with Crippen LogP contribution in [0.2, 0.25) is 0 Å². The van der Waals surface area contributed by atoms with Gasteiger partial charge in [-0.1, -0.05) is 12.1 Å². The SMILES string of the molecule is CC(C)(C)n1nc(C(=O)NCc2ccc(OCCCC(=O)O)cc2)cc1C1CC1. The molecular weight excluding hydrogens is 370 g/mol. The Kier molecular flexibility index (Phi) is 6.25. The monoisotopic (exact) mass is 399 g/mol. The smallest absolute Gasteiger partial charge is 0.303 e. The highest BCUT2D eigenvalue weighted by Crippen LogP contribution is 2.41. The van der Waals surface area contributed by atoms with E-state index in [2.05, 4.69) is 31.2 Å². The maximum absolute atomic E-state index is 12.6. The Bertz CT molecular complexity index is 861. The Balaban J connectivity index is 1.53. The molecule has 7 nitrogen and oxygen atoms in total. The molecule has 0 saturated heterocycles. The Morgan fingerprint density at radius 1 is 1.24 bits per heavy atom. The molecule has 1 aliphatic rings. The topological polar surface area (TPSA) is 93.5 Å². The predicted molar refractivity (Wildman–Crippen MR) is 109 cm³/mol. The molecule has 1 heterocycles. The van der Waals surface area contributed by atoms with Crippen LogP contribution in [0.1, 0.15) is 74.1 Å². The third kappa shape index (κ3) is 5.82. The molecule has 1 fully saturated rings. The van der Waals surface area contributed by atoms with Crippen molar-refractivity contribution in [1.82, 2.24) is 15.1 Å². The molecule has 156 valence electrons. The molecule has 1 aliphatic carbocycles. The molecule has 7 heteroatoms. The van der Waals surface area contributed by atoms with Crippen LogP contribution in [0.3, 0.4) is 0 Å². The number of rotatable bonds is 9. The molecule has 0 spiro atoms. The van der Waals surface area contributed by atoms with E-state index in [1.165, 1.54) is 0 Å². The van der Waals surface area contributed by atoms with Crippen LogP contribution in [-0.2, 0) is 16.9 Å². The molecule has 0 atom stereocenters. The van der Waals surface area contributed by atoms with Gasteiger partial charge in [0.25, 0.3) is 5.91 Å². The number of aliphatic carboxylic acids is 1. The first-order chi connectivity index (χ1) is 13.7. The minimum Gasteiger partial charge on any atom is -0.494 e. The molecule has 1 aromatic carbocycles. The second-order valence-corrected chi connectivity index (χ2v) is 8.48. The maximum Gasteiger partial charge on any atom is 0.303 e. The van der Waals surface area contributed by atoms with Gasteiger partial charge in [-0.25, -0.2) is 0 Å². The van der Waals surface area contributed by atoms with Gasteiger partial charge < -0.3 is 15.2 Å². The fourth-order valence-electron chi connectivity index (χ4n) is 3.10. The number of nitrogens with zero attached hydrogens (tertiary/aromatic N) is 2. The Morgan fingerprint density at radius 3 is 2.52 bits per heavy atom. The number of hydrogen-bond acceptors (Lipinski definition) is 4. The van der Waals surface area contributed by atoms with E-state index in [9.17, 15) is 9.59 Å². The molecule has 1 amide bonds. The Labute approximate surface area is 171 Å². The second kappa shape index (κ2) is 8.68. The molecule has 0 aliphatic heterocycles. The molecular formula is C22H29N3O4. The molecule has 0 bridgehead atoms. The lowest BCUT2D eigenvalue weighted by atomic mass is 10.1. The van der Waals surface area contributed by atoms with Crippen LogP contribution in [0.25, 0.3) is 0 Å². The quantitative estimate of drug-likeness (QED) is 0.627. The van der Waals surface area contributed by atoms with Crippen molar-refractivity contribution in [3.05, 3.63) is 47.3 Å². The van der Waals surface area contributed by atoms with Gasteiger partial charge >= 0.3 is 5.97 Å². The zero-order valence-electron chi connectivity index (χ0n) is 17.3. The first kappa shape index (κ1) is 20.9. The van der Waals surface area contributed by atoms with Crippen molar-refractivity contribution in [2.24, 2.45) is 0 Å². The van der Waals surface area contributed by atoms with Crippen molar-refractivity contribution < 1.29 is 19.4 Å². The first-order valence-electron chi connectivity index (χ1n) is 10.1. The van der Waals surface area contributed by atoms with Crippen LogP contribution in [0, 0.1) is 0 Å². The highest BCUT2D eigenvalue weighted by Gasteiger charge is 2.32. The lowest BCUT2D eigenvalue weighted by Gasteiger charge is -2.22. The van der Waals surface area contributed by atoms with E-state index >= 15 is 0 Å². The van der Waals surface area contributed by atoms with Crippen molar-refractivity contribution in [2.75, 3.05) is 6.61 Å². The van der Waals surface area contributed by atoms with Crippen molar-refractivity contribution in [2.45, 2.75) is 64.5 Å². The minimum atomic E-state index is -0.823. The van der Waals surface area contributed by atoms with Gasteiger partial charge in [-0.2, -0.15) is 5.10 Å². The number of ether oxygens (including phenoxy) is 1. The number of carboxylic acids is 1. The molecule has 0 radical (unpaired) electrons. The number of amides is 1. The molecule has 1 saturated carbocycles. The zero-order valence-corrected chi connectivity index (χ0v) is 17.3. The summed E-state index contributed by atoms with van der Waals surface area (Å²) in [5.41, 5.74) is 2.40. The summed E-state index contributed by atoms with van der Waals surface area (Å²) in [6.07, 6.45) is 2.88. The van der Waals surface area contributed by atoms with E-state index in [1.54, 1.807) is 0 Å². The summed E-state index contributed by atoms with van der Waals surface area (Å²) in [5.74, 6) is 0.204. The van der Waals surface area contributed by atoms with E-state index in [-0.39, 0.29) is 17.9 Å². The molecule has 29 heavy (non-hydrogen) atoms. The third-order valence-electron chi connectivity index (χ3n) is 4.78. The average molecular weight is 399 g/mol. The van der Waals surface area contributed by atoms with Crippen molar-refractivity contribution in [3.8, 4) is 5.75 Å². The highest BCUT2D eigenvalue weighted by atomic mass is 16.5. The maximum atomic E-state index is 12.6.